The van der Waals surface area contributed by atoms with Gasteiger partial charge in [-0.25, -0.2) is 13.4 Å². The van der Waals surface area contributed by atoms with Gasteiger partial charge in [-0.15, -0.1) is 12.4 Å². The van der Waals surface area contributed by atoms with E-state index in [4.69, 9.17) is 0 Å². The summed E-state index contributed by atoms with van der Waals surface area (Å²) in [6, 6.07) is 5.10. The number of hydrogen-bond acceptors (Lipinski definition) is 5. The smallest absolute Gasteiger partial charge is 0.272 e. The van der Waals surface area contributed by atoms with Crippen LogP contribution in [-0.2, 0) is 9.84 Å². The van der Waals surface area contributed by atoms with Gasteiger partial charge in [0.2, 0.25) is 15.0 Å². The molecular formula is C13H19ClN4O3S. The molecule has 0 saturated carbocycles. The highest BCUT2D eigenvalue weighted by Gasteiger charge is 2.22. The molecule has 2 aromatic heterocycles. The van der Waals surface area contributed by atoms with E-state index in [1.165, 1.54) is 4.40 Å². The van der Waals surface area contributed by atoms with Crippen LogP contribution in [0.15, 0.2) is 29.6 Å². The van der Waals surface area contributed by atoms with Crippen molar-refractivity contribution in [3.05, 3.63) is 30.1 Å². The second-order valence-electron chi connectivity index (χ2n) is 4.68. The summed E-state index contributed by atoms with van der Waals surface area (Å²) in [6.45, 7) is 1.29. The number of carbonyl (C=O) groups excluding carboxylic acids is 1. The van der Waals surface area contributed by atoms with Gasteiger partial charge in [-0.1, -0.05) is 6.07 Å². The number of rotatable bonds is 6. The van der Waals surface area contributed by atoms with E-state index in [1.54, 1.807) is 24.4 Å². The molecule has 7 nitrogen and oxygen atoms in total. The Kier molecular flexibility index (Phi) is 6.34. The molecule has 2 heterocycles. The molecule has 122 valence electrons. The van der Waals surface area contributed by atoms with Gasteiger partial charge in [0.25, 0.3) is 5.91 Å². The van der Waals surface area contributed by atoms with Gasteiger partial charge in [-0.05, 0) is 32.1 Å². The molecule has 0 unspecified atom stereocenters. The van der Waals surface area contributed by atoms with Crippen LogP contribution in [0.1, 0.15) is 16.9 Å². The van der Waals surface area contributed by atoms with Crippen LogP contribution in [0, 0.1) is 0 Å². The van der Waals surface area contributed by atoms with Gasteiger partial charge in [-0.2, -0.15) is 0 Å². The highest BCUT2D eigenvalue weighted by molar-refractivity contribution is 7.90. The molecular weight excluding hydrogens is 328 g/mol. The van der Waals surface area contributed by atoms with Crippen LogP contribution in [0.3, 0.4) is 0 Å². The Morgan fingerprint density at radius 1 is 1.32 bits per heavy atom. The summed E-state index contributed by atoms with van der Waals surface area (Å²) in [5.41, 5.74) is 0.601. The van der Waals surface area contributed by atoms with E-state index in [0.717, 1.165) is 19.2 Å². The number of fused-ring (bicyclic) bond motifs is 1. The summed E-state index contributed by atoms with van der Waals surface area (Å²) in [7, 11) is -1.67. The summed E-state index contributed by atoms with van der Waals surface area (Å²) < 4.78 is 24.9. The largest absolute Gasteiger partial charge is 0.351 e. The van der Waals surface area contributed by atoms with Crippen molar-refractivity contribution in [2.75, 3.05) is 26.4 Å². The zero-order chi connectivity index (χ0) is 15.5. The first-order chi connectivity index (χ1) is 9.95. The number of nitrogens with zero attached hydrogens (tertiary/aromatic N) is 2. The predicted molar refractivity (Wildman–Crippen MR) is 86.4 cm³/mol. The quantitative estimate of drug-likeness (QED) is 0.743. The monoisotopic (exact) mass is 346 g/mol. The van der Waals surface area contributed by atoms with E-state index in [1.807, 2.05) is 7.05 Å². The maximum atomic E-state index is 12.2. The third-order valence-electron chi connectivity index (χ3n) is 2.95. The number of aromatic nitrogens is 2. The number of sulfone groups is 1. The van der Waals surface area contributed by atoms with Crippen LogP contribution >= 0.6 is 12.4 Å². The van der Waals surface area contributed by atoms with Crippen molar-refractivity contribution in [3.8, 4) is 0 Å². The fourth-order valence-electron chi connectivity index (χ4n) is 1.99. The highest BCUT2D eigenvalue weighted by Crippen LogP contribution is 2.16. The summed E-state index contributed by atoms with van der Waals surface area (Å²) in [5, 5.41) is 5.60. The van der Waals surface area contributed by atoms with Gasteiger partial charge in [0.1, 0.15) is 0 Å². The zero-order valence-electron chi connectivity index (χ0n) is 12.4. The van der Waals surface area contributed by atoms with Crippen LogP contribution in [-0.4, -0.2) is 50.1 Å². The van der Waals surface area contributed by atoms with E-state index in [-0.39, 0.29) is 29.2 Å². The lowest BCUT2D eigenvalue weighted by atomic mass is 10.3. The fraction of sp³-hybridized carbons (Fsp3) is 0.385. The van der Waals surface area contributed by atoms with Crippen molar-refractivity contribution in [2.45, 2.75) is 11.6 Å². The topological polar surface area (TPSA) is 92.6 Å². The molecule has 9 heteroatoms. The van der Waals surface area contributed by atoms with Gasteiger partial charge in [0, 0.05) is 19.0 Å². The van der Waals surface area contributed by atoms with Crippen LogP contribution in [0.25, 0.3) is 5.52 Å². The normalized spacial score (nSPS) is 11.2. The van der Waals surface area contributed by atoms with Gasteiger partial charge < -0.3 is 10.6 Å². The van der Waals surface area contributed by atoms with Gasteiger partial charge >= 0.3 is 0 Å². The van der Waals surface area contributed by atoms with Crippen molar-refractivity contribution in [1.82, 2.24) is 20.0 Å². The molecule has 0 radical (unpaired) electrons. The lowest BCUT2D eigenvalue weighted by Gasteiger charge is -2.03. The van der Waals surface area contributed by atoms with Gasteiger partial charge in [-0.3, -0.25) is 9.20 Å². The molecule has 2 aromatic rings. The number of halogens is 1. The molecule has 0 fully saturated rings. The van der Waals surface area contributed by atoms with Crippen molar-refractivity contribution in [2.24, 2.45) is 0 Å². The Morgan fingerprint density at radius 2 is 2.05 bits per heavy atom. The average Bonchev–Trinajstić information content (AvgIpc) is 2.83. The van der Waals surface area contributed by atoms with Crippen molar-refractivity contribution in [3.63, 3.8) is 0 Å². The molecule has 0 atom stereocenters. The third-order valence-corrected chi connectivity index (χ3v) is 3.90. The molecule has 0 aromatic carbocycles. The second-order valence-corrected chi connectivity index (χ2v) is 6.59. The van der Waals surface area contributed by atoms with Crippen LogP contribution in [0.5, 0.6) is 0 Å². The first-order valence-corrected chi connectivity index (χ1v) is 8.44. The van der Waals surface area contributed by atoms with Crippen molar-refractivity contribution < 1.29 is 13.2 Å². The number of imidazole rings is 1. The number of carbonyl (C=O) groups is 1. The lowest BCUT2D eigenvalue weighted by Crippen LogP contribution is -2.27. The number of amides is 1. The van der Waals surface area contributed by atoms with Crippen molar-refractivity contribution >= 4 is 33.7 Å². The molecule has 0 aliphatic rings. The Morgan fingerprint density at radius 3 is 2.68 bits per heavy atom. The number of nitrogens with one attached hydrogen (secondary N) is 2. The maximum absolute atomic E-state index is 12.2. The Bertz CT molecular complexity index is 758. The summed E-state index contributed by atoms with van der Waals surface area (Å²) in [4.78, 5) is 16.2. The number of pyridine rings is 1. The minimum atomic E-state index is -3.51. The Labute approximate surface area is 135 Å². The molecule has 0 saturated heterocycles. The van der Waals surface area contributed by atoms with E-state index in [2.05, 4.69) is 15.6 Å². The number of hydrogen-bond donors (Lipinski definition) is 2. The van der Waals surface area contributed by atoms with Crippen molar-refractivity contribution in [1.29, 1.82) is 0 Å². The lowest BCUT2D eigenvalue weighted by molar-refractivity contribution is 0.0950. The highest BCUT2D eigenvalue weighted by atomic mass is 35.5. The molecule has 2 rings (SSSR count). The van der Waals surface area contributed by atoms with E-state index in [9.17, 15) is 13.2 Å². The molecule has 22 heavy (non-hydrogen) atoms. The Balaban J connectivity index is 0.00000242. The summed E-state index contributed by atoms with van der Waals surface area (Å²) in [6.07, 6.45) is 3.44. The van der Waals surface area contributed by atoms with E-state index < -0.39 is 9.84 Å². The van der Waals surface area contributed by atoms with Crippen LogP contribution in [0.4, 0.5) is 0 Å². The molecule has 0 spiro atoms. The maximum Gasteiger partial charge on any atom is 0.272 e. The molecule has 1 amide bonds. The molecule has 0 aliphatic carbocycles. The first kappa shape index (κ1) is 18.4. The van der Waals surface area contributed by atoms with E-state index in [0.29, 0.717) is 12.1 Å². The molecule has 2 N–H and O–H groups in total. The minimum absolute atomic E-state index is 0. The molecule has 0 bridgehead atoms. The summed E-state index contributed by atoms with van der Waals surface area (Å²) >= 11 is 0. The zero-order valence-corrected chi connectivity index (χ0v) is 14.0. The minimum Gasteiger partial charge on any atom is -0.351 e. The SMILES string of the molecule is CNCCCNC(=O)c1nc(S(C)(=O)=O)n2ccccc12.Cl. The van der Waals surface area contributed by atoms with E-state index >= 15 is 0 Å². The van der Waals surface area contributed by atoms with Gasteiger partial charge in [0.05, 0.1) is 5.52 Å². The molecule has 0 aliphatic heterocycles. The van der Waals surface area contributed by atoms with Gasteiger partial charge in [0.15, 0.2) is 5.69 Å². The van der Waals surface area contributed by atoms with Crippen LogP contribution < -0.4 is 10.6 Å². The third kappa shape index (κ3) is 3.96. The first-order valence-electron chi connectivity index (χ1n) is 6.55. The average molecular weight is 347 g/mol. The van der Waals surface area contributed by atoms with Crippen LogP contribution in [0.2, 0.25) is 0 Å². The standard InChI is InChI=1S/C13H18N4O3S.ClH/c1-14-7-5-8-15-12(18)11-10-6-3-4-9-17(10)13(16-11)21(2,19)20;/h3-4,6,9,14H,5,7-8H2,1-2H3,(H,15,18);1H. The predicted octanol–water partition coefficient (Wildman–Crippen LogP) is 0.499. The summed E-state index contributed by atoms with van der Waals surface area (Å²) in [5.74, 6) is -0.371. The fourth-order valence-corrected chi connectivity index (χ4v) is 2.76. The Hall–Kier alpha value is -1.64. The second kappa shape index (κ2) is 7.57.